The third-order valence-corrected chi connectivity index (χ3v) is 3.83. The monoisotopic (exact) mass is 255 g/mol. The number of unbranched alkanes of at least 4 members (excludes halogenated alkanes) is 1. The molecule has 96 valence electrons. The molecule has 0 aromatic carbocycles. The molecule has 2 rings (SSSR count). The summed E-state index contributed by atoms with van der Waals surface area (Å²) in [6.07, 6.45) is 2.48. The molecule has 1 aliphatic heterocycles. The Morgan fingerprint density at radius 3 is 3.06 bits per heavy atom. The number of ether oxygens (including phenoxy) is 1. The maximum Gasteiger partial charge on any atom is 0.0964 e. The van der Waals surface area contributed by atoms with E-state index in [0.717, 1.165) is 32.5 Å². The van der Waals surface area contributed by atoms with Crippen molar-refractivity contribution < 1.29 is 9.84 Å². The average Bonchev–Trinajstić information content (AvgIpc) is 2.82. The maximum atomic E-state index is 8.81. The Balaban J connectivity index is 1.88. The molecular weight excluding hydrogens is 234 g/mol. The zero-order chi connectivity index (χ0) is 12.1. The van der Waals surface area contributed by atoms with E-state index < -0.39 is 0 Å². The SMILES string of the molecule is CC1CN(CCCCO)CC(c2ccsc2)O1. The molecule has 3 nitrogen and oxygen atoms in total. The molecule has 17 heavy (non-hydrogen) atoms. The van der Waals surface area contributed by atoms with Crippen LogP contribution in [0.3, 0.4) is 0 Å². The van der Waals surface area contributed by atoms with Gasteiger partial charge in [0.1, 0.15) is 0 Å². The molecule has 2 heterocycles. The summed E-state index contributed by atoms with van der Waals surface area (Å²) in [6.45, 7) is 5.49. The Kier molecular flexibility index (Phi) is 4.98. The fraction of sp³-hybridized carbons (Fsp3) is 0.692. The van der Waals surface area contributed by atoms with Crippen molar-refractivity contribution in [3.63, 3.8) is 0 Å². The quantitative estimate of drug-likeness (QED) is 0.819. The molecule has 2 atom stereocenters. The van der Waals surface area contributed by atoms with E-state index in [9.17, 15) is 0 Å². The summed E-state index contributed by atoms with van der Waals surface area (Å²) in [7, 11) is 0. The molecule has 1 aromatic rings. The highest BCUT2D eigenvalue weighted by Gasteiger charge is 2.26. The molecule has 1 fully saturated rings. The molecule has 0 amide bonds. The van der Waals surface area contributed by atoms with E-state index in [2.05, 4.69) is 28.7 Å². The van der Waals surface area contributed by atoms with Gasteiger partial charge < -0.3 is 9.84 Å². The van der Waals surface area contributed by atoms with Gasteiger partial charge in [0.2, 0.25) is 0 Å². The Hall–Kier alpha value is -0.420. The van der Waals surface area contributed by atoms with Crippen LogP contribution in [-0.4, -0.2) is 42.4 Å². The van der Waals surface area contributed by atoms with Crippen molar-refractivity contribution in [2.24, 2.45) is 0 Å². The second kappa shape index (κ2) is 6.50. The van der Waals surface area contributed by atoms with Crippen LogP contribution in [0, 0.1) is 0 Å². The first-order chi connectivity index (χ1) is 8.29. The molecule has 4 heteroatoms. The summed E-state index contributed by atoms with van der Waals surface area (Å²) >= 11 is 1.73. The van der Waals surface area contributed by atoms with Crippen LogP contribution in [-0.2, 0) is 4.74 Å². The van der Waals surface area contributed by atoms with Crippen molar-refractivity contribution in [2.75, 3.05) is 26.2 Å². The van der Waals surface area contributed by atoms with E-state index in [4.69, 9.17) is 9.84 Å². The van der Waals surface area contributed by atoms with Gasteiger partial charge >= 0.3 is 0 Å². The van der Waals surface area contributed by atoms with Crippen LogP contribution in [0.1, 0.15) is 31.4 Å². The Morgan fingerprint density at radius 2 is 2.35 bits per heavy atom. The molecule has 0 spiro atoms. The van der Waals surface area contributed by atoms with Crippen molar-refractivity contribution in [1.29, 1.82) is 0 Å². The number of rotatable bonds is 5. The molecule has 1 N–H and O–H groups in total. The Morgan fingerprint density at radius 1 is 1.47 bits per heavy atom. The van der Waals surface area contributed by atoms with E-state index in [1.165, 1.54) is 5.56 Å². The summed E-state index contributed by atoms with van der Waals surface area (Å²) in [5.41, 5.74) is 1.30. The number of morpholine rings is 1. The van der Waals surface area contributed by atoms with E-state index in [-0.39, 0.29) is 6.10 Å². The summed E-state index contributed by atoms with van der Waals surface area (Å²) in [4.78, 5) is 2.45. The lowest BCUT2D eigenvalue weighted by molar-refractivity contribution is -0.0790. The third kappa shape index (κ3) is 3.78. The summed E-state index contributed by atoms with van der Waals surface area (Å²) in [5.74, 6) is 0. The van der Waals surface area contributed by atoms with E-state index in [1.54, 1.807) is 11.3 Å². The topological polar surface area (TPSA) is 32.7 Å². The van der Waals surface area contributed by atoms with Crippen molar-refractivity contribution in [3.8, 4) is 0 Å². The summed E-state index contributed by atoms with van der Waals surface area (Å²) in [6, 6.07) is 2.15. The molecule has 2 unspecified atom stereocenters. The number of aliphatic hydroxyl groups is 1. The van der Waals surface area contributed by atoms with Gasteiger partial charge in [-0.1, -0.05) is 0 Å². The first-order valence-electron chi connectivity index (χ1n) is 6.30. The lowest BCUT2D eigenvalue weighted by Crippen LogP contribution is -2.43. The summed E-state index contributed by atoms with van der Waals surface area (Å²) in [5, 5.41) is 13.1. The van der Waals surface area contributed by atoms with Crippen LogP contribution in [0.4, 0.5) is 0 Å². The molecule has 1 aromatic heterocycles. The Bertz CT molecular complexity index is 315. The zero-order valence-electron chi connectivity index (χ0n) is 10.3. The van der Waals surface area contributed by atoms with Crippen molar-refractivity contribution in [2.45, 2.75) is 32.0 Å². The van der Waals surface area contributed by atoms with Gasteiger partial charge in [0.15, 0.2) is 0 Å². The van der Waals surface area contributed by atoms with Gasteiger partial charge in [0.05, 0.1) is 12.2 Å². The second-order valence-corrected chi connectivity index (χ2v) is 5.46. The van der Waals surface area contributed by atoms with Crippen molar-refractivity contribution in [3.05, 3.63) is 22.4 Å². The lowest BCUT2D eigenvalue weighted by atomic mass is 10.1. The van der Waals surface area contributed by atoms with E-state index in [0.29, 0.717) is 12.7 Å². The molecule has 0 bridgehead atoms. The number of hydrogen-bond donors (Lipinski definition) is 1. The average molecular weight is 255 g/mol. The number of hydrogen-bond acceptors (Lipinski definition) is 4. The molecule has 1 saturated heterocycles. The highest BCUT2D eigenvalue weighted by Crippen LogP contribution is 2.26. The second-order valence-electron chi connectivity index (χ2n) is 4.68. The number of aliphatic hydroxyl groups excluding tert-OH is 1. The van der Waals surface area contributed by atoms with Gasteiger partial charge in [-0.05, 0) is 48.7 Å². The maximum absolute atomic E-state index is 8.81. The molecule has 1 aliphatic rings. The van der Waals surface area contributed by atoms with Gasteiger partial charge in [-0.25, -0.2) is 0 Å². The molecule has 0 radical (unpaired) electrons. The highest BCUT2D eigenvalue weighted by atomic mass is 32.1. The minimum atomic E-state index is 0.221. The Labute approximate surface area is 107 Å². The van der Waals surface area contributed by atoms with E-state index in [1.807, 2.05) is 0 Å². The van der Waals surface area contributed by atoms with Gasteiger partial charge in [-0.2, -0.15) is 11.3 Å². The van der Waals surface area contributed by atoms with Crippen molar-refractivity contribution >= 4 is 11.3 Å². The predicted octanol–water partition coefficient (Wildman–Crippen LogP) is 2.28. The largest absolute Gasteiger partial charge is 0.396 e. The zero-order valence-corrected chi connectivity index (χ0v) is 11.2. The molecule has 0 saturated carbocycles. The molecule has 0 aliphatic carbocycles. The van der Waals surface area contributed by atoms with Crippen LogP contribution < -0.4 is 0 Å². The van der Waals surface area contributed by atoms with Gasteiger partial charge in [0, 0.05) is 19.7 Å². The first-order valence-corrected chi connectivity index (χ1v) is 7.24. The third-order valence-electron chi connectivity index (χ3n) is 3.13. The lowest BCUT2D eigenvalue weighted by Gasteiger charge is -2.36. The first kappa shape index (κ1) is 13.0. The fourth-order valence-corrected chi connectivity index (χ4v) is 3.01. The molecular formula is C13H21NO2S. The van der Waals surface area contributed by atoms with Crippen LogP contribution in [0.2, 0.25) is 0 Å². The van der Waals surface area contributed by atoms with Crippen LogP contribution in [0.25, 0.3) is 0 Å². The predicted molar refractivity (Wildman–Crippen MR) is 70.4 cm³/mol. The number of nitrogens with zero attached hydrogens (tertiary/aromatic N) is 1. The standard InChI is InChI=1S/C13H21NO2S/c1-11-8-14(5-2-3-6-15)9-13(16-11)12-4-7-17-10-12/h4,7,10-11,13,15H,2-3,5-6,8-9H2,1H3. The summed E-state index contributed by atoms with van der Waals surface area (Å²) < 4.78 is 5.98. The number of thiophene rings is 1. The van der Waals surface area contributed by atoms with Crippen LogP contribution in [0.5, 0.6) is 0 Å². The van der Waals surface area contributed by atoms with E-state index >= 15 is 0 Å². The fourth-order valence-electron chi connectivity index (χ4n) is 2.31. The highest BCUT2D eigenvalue weighted by molar-refractivity contribution is 7.07. The normalized spacial score (nSPS) is 26.2. The van der Waals surface area contributed by atoms with Crippen LogP contribution >= 0.6 is 11.3 Å². The van der Waals surface area contributed by atoms with Crippen molar-refractivity contribution in [1.82, 2.24) is 4.90 Å². The minimum Gasteiger partial charge on any atom is -0.396 e. The smallest absolute Gasteiger partial charge is 0.0964 e. The minimum absolute atomic E-state index is 0.221. The van der Waals surface area contributed by atoms with Gasteiger partial charge in [-0.15, -0.1) is 0 Å². The van der Waals surface area contributed by atoms with Gasteiger partial charge in [0.25, 0.3) is 0 Å². The van der Waals surface area contributed by atoms with Crippen LogP contribution in [0.15, 0.2) is 16.8 Å². The van der Waals surface area contributed by atoms with Gasteiger partial charge in [-0.3, -0.25) is 4.90 Å².